The SMILES string of the molecule is NC1(N)Nc2ccc(F)cc2S1. The lowest BCUT2D eigenvalue weighted by Crippen LogP contribution is -2.50. The molecule has 12 heavy (non-hydrogen) atoms. The Morgan fingerprint density at radius 3 is 2.92 bits per heavy atom. The Morgan fingerprint density at radius 1 is 1.42 bits per heavy atom. The van der Waals surface area contributed by atoms with E-state index >= 15 is 0 Å². The number of thioether (sulfide) groups is 1. The van der Waals surface area contributed by atoms with Gasteiger partial charge in [0.15, 0.2) is 5.12 Å². The van der Waals surface area contributed by atoms with Crippen LogP contribution >= 0.6 is 11.8 Å². The fourth-order valence-electron chi connectivity index (χ4n) is 1.10. The molecule has 1 aromatic rings. The van der Waals surface area contributed by atoms with Crippen LogP contribution < -0.4 is 16.8 Å². The molecule has 0 fully saturated rings. The Labute approximate surface area is 73.3 Å². The van der Waals surface area contributed by atoms with Gasteiger partial charge in [0.1, 0.15) is 5.82 Å². The minimum Gasteiger partial charge on any atom is -0.345 e. The van der Waals surface area contributed by atoms with E-state index in [0.717, 1.165) is 10.6 Å². The fraction of sp³-hybridized carbons (Fsp3) is 0.143. The predicted molar refractivity (Wildman–Crippen MR) is 47.0 cm³/mol. The lowest BCUT2D eigenvalue weighted by molar-refractivity contribution is 0.624. The number of hydrogen-bond acceptors (Lipinski definition) is 4. The Kier molecular flexibility index (Phi) is 1.54. The van der Waals surface area contributed by atoms with Crippen molar-refractivity contribution in [3.8, 4) is 0 Å². The Morgan fingerprint density at radius 2 is 2.17 bits per heavy atom. The standard InChI is InChI=1S/C7H8FN3S/c8-4-1-2-5-6(3-4)12-7(9,10)11-5/h1-3,11H,9-10H2. The van der Waals surface area contributed by atoms with E-state index in [1.54, 1.807) is 6.07 Å². The quantitative estimate of drug-likeness (QED) is 0.525. The number of fused-ring (bicyclic) bond motifs is 1. The second kappa shape index (κ2) is 2.35. The van der Waals surface area contributed by atoms with E-state index in [2.05, 4.69) is 5.32 Å². The summed E-state index contributed by atoms with van der Waals surface area (Å²) in [4.78, 5) is 0.750. The van der Waals surface area contributed by atoms with Crippen molar-refractivity contribution in [1.82, 2.24) is 0 Å². The molecule has 0 amide bonds. The van der Waals surface area contributed by atoms with Crippen LogP contribution in [0.25, 0.3) is 0 Å². The third-order valence-corrected chi connectivity index (χ3v) is 2.55. The molecule has 2 rings (SSSR count). The first-order chi connectivity index (χ1) is 5.57. The number of halogens is 1. The number of anilines is 1. The van der Waals surface area contributed by atoms with Gasteiger partial charge in [-0.25, -0.2) is 4.39 Å². The van der Waals surface area contributed by atoms with E-state index < -0.39 is 5.12 Å². The van der Waals surface area contributed by atoms with Crippen LogP contribution in [0.1, 0.15) is 0 Å². The van der Waals surface area contributed by atoms with E-state index in [1.807, 2.05) is 0 Å². The van der Waals surface area contributed by atoms with Crippen molar-refractivity contribution in [2.75, 3.05) is 5.32 Å². The zero-order chi connectivity index (χ0) is 8.77. The molecule has 0 atom stereocenters. The van der Waals surface area contributed by atoms with Gasteiger partial charge in [-0.1, -0.05) is 11.8 Å². The molecular weight excluding hydrogens is 177 g/mol. The Balaban J connectivity index is 2.43. The van der Waals surface area contributed by atoms with Gasteiger partial charge in [0.05, 0.1) is 5.69 Å². The van der Waals surface area contributed by atoms with Crippen LogP contribution in [0.5, 0.6) is 0 Å². The lowest BCUT2D eigenvalue weighted by Gasteiger charge is -2.16. The molecule has 1 aliphatic rings. The number of benzene rings is 1. The van der Waals surface area contributed by atoms with Crippen molar-refractivity contribution < 1.29 is 4.39 Å². The van der Waals surface area contributed by atoms with Crippen molar-refractivity contribution in [2.24, 2.45) is 11.5 Å². The molecular formula is C7H8FN3S. The molecule has 0 saturated carbocycles. The molecule has 1 aromatic carbocycles. The average molecular weight is 185 g/mol. The van der Waals surface area contributed by atoms with Crippen molar-refractivity contribution in [2.45, 2.75) is 10.0 Å². The van der Waals surface area contributed by atoms with Gasteiger partial charge in [-0.15, -0.1) is 0 Å². The monoisotopic (exact) mass is 185 g/mol. The van der Waals surface area contributed by atoms with Gasteiger partial charge in [-0.2, -0.15) is 0 Å². The molecule has 0 radical (unpaired) electrons. The van der Waals surface area contributed by atoms with E-state index in [1.165, 1.54) is 23.9 Å². The number of nitrogens with two attached hydrogens (primary N) is 2. The highest BCUT2D eigenvalue weighted by molar-refractivity contribution is 8.01. The van der Waals surface area contributed by atoms with Crippen LogP contribution in [0.3, 0.4) is 0 Å². The highest BCUT2D eigenvalue weighted by Crippen LogP contribution is 2.39. The van der Waals surface area contributed by atoms with Gasteiger partial charge in [0, 0.05) is 4.90 Å². The van der Waals surface area contributed by atoms with Gasteiger partial charge < -0.3 is 5.32 Å². The Bertz CT molecular complexity index is 326. The van der Waals surface area contributed by atoms with Crippen LogP contribution in [0, 0.1) is 5.82 Å². The summed E-state index contributed by atoms with van der Waals surface area (Å²) < 4.78 is 12.7. The third kappa shape index (κ3) is 1.26. The maximum Gasteiger partial charge on any atom is 0.193 e. The minimum atomic E-state index is -1.00. The first kappa shape index (κ1) is 7.85. The topological polar surface area (TPSA) is 64.1 Å². The zero-order valence-corrected chi connectivity index (χ0v) is 6.99. The number of nitrogens with one attached hydrogen (secondary N) is 1. The second-order valence-corrected chi connectivity index (χ2v) is 3.98. The molecule has 3 nitrogen and oxygen atoms in total. The molecule has 0 bridgehead atoms. The van der Waals surface area contributed by atoms with Gasteiger partial charge in [-0.3, -0.25) is 11.5 Å². The smallest absolute Gasteiger partial charge is 0.193 e. The van der Waals surface area contributed by atoms with Gasteiger partial charge in [-0.05, 0) is 18.2 Å². The lowest BCUT2D eigenvalue weighted by atomic mass is 10.3. The molecule has 5 heteroatoms. The van der Waals surface area contributed by atoms with Gasteiger partial charge >= 0.3 is 0 Å². The summed E-state index contributed by atoms with van der Waals surface area (Å²) in [5.74, 6) is -0.277. The summed E-state index contributed by atoms with van der Waals surface area (Å²) in [6.45, 7) is 0. The van der Waals surface area contributed by atoms with Crippen LogP contribution in [-0.4, -0.2) is 5.12 Å². The maximum absolute atomic E-state index is 12.7. The molecule has 0 aromatic heterocycles. The minimum absolute atomic E-state index is 0.277. The van der Waals surface area contributed by atoms with Crippen molar-refractivity contribution in [3.63, 3.8) is 0 Å². The average Bonchev–Trinajstić information content (AvgIpc) is 2.21. The van der Waals surface area contributed by atoms with Crippen LogP contribution in [-0.2, 0) is 0 Å². The molecule has 1 aliphatic heterocycles. The molecule has 5 N–H and O–H groups in total. The zero-order valence-electron chi connectivity index (χ0n) is 6.17. The van der Waals surface area contributed by atoms with Crippen LogP contribution in [0.2, 0.25) is 0 Å². The first-order valence-electron chi connectivity index (χ1n) is 3.41. The molecule has 0 spiro atoms. The largest absolute Gasteiger partial charge is 0.345 e. The molecule has 1 heterocycles. The van der Waals surface area contributed by atoms with Crippen molar-refractivity contribution in [1.29, 1.82) is 0 Å². The van der Waals surface area contributed by atoms with Crippen LogP contribution in [0.15, 0.2) is 23.1 Å². The summed E-state index contributed by atoms with van der Waals surface area (Å²) in [5, 5.41) is 1.85. The van der Waals surface area contributed by atoms with Gasteiger partial charge in [0.2, 0.25) is 0 Å². The third-order valence-electron chi connectivity index (χ3n) is 1.55. The molecule has 64 valence electrons. The highest BCUT2D eigenvalue weighted by Gasteiger charge is 2.29. The summed E-state index contributed by atoms with van der Waals surface area (Å²) in [7, 11) is 0. The molecule has 0 saturated heterocycles. The van der Waals surface area contributed by atoms with E-state index in [0.29, 0.717) is 0 Å². The predicted octanol–water partition coefficient (Wildman–Crippen LogP) is 0.872. The number of hydrogen-bond donors (Lipinski definition) is 3. The normalized spacial score (nSPS) is 18.6. The van der Waals surface area contributed by atoms with E-state index in [4.69, 9.17) is 11.5 Å². The van der Waals surface area contributed by atoms with Gasteiger partial charge in [0.25, 0.3) is 0 Å². The molecule has 0 aliphatic carbocycles. The second-order valence-electron chi connectivity index (χ2n) is 2.66. The summed E-state index contributed by atoms with van der Waals surface area (Å²) in [5.41, 5.74) is 12.0. The summed E-state index contributed by atoms with van der Waals surface area (Å²) >= 11 is 1.21. The van der Waals surface area contributed by atoms with E-state index in [9.17, 15) is 4.39 Å². The van der Waals surface area contributed by atoms with Crippen molar-refractivity contribution in [3.05, 3.63) is 24.0 Å². The van der Waals surface area contributed by atoms with Crippen LogP contribution in [0.4, 0.5) is 10.1 Å². The molecule has 0 unspecified atom stereocenters. The first-order valence-corrected chi connectivity index (χ1v) is 4.23. The number of rotatable bonds is 0. The highest BCUT2D eigenvalue weighted by atomic mass is 32.2. The fourth-order valence-corrected chi connectivity index (χ4v) is 2.03. The van der Waals surface area contributed by atoms with E-state index in [-0.39, 0.29) is 5.82 Å². The maximum atomic E-state index is 12.7. The Hall–Kier alpha value is -0.780. The summed E-state index contributed by atoms with van der Waals surface area (Å²) in [6, 6.07) is 4.40. The van der Waals surface area contributed by atoms with Crippen molar-refractivity contribution >= 4 is 17.4 Å². The summed E-state index contributed by atoms with van der Waals surface area (Å²) in [6.07, 6.45) is 0.